The van der Waals surface area contributed by atoms with E-state index in [1.165, 1.54) is 48.6 Å². The molecular formula is C25H30ClN3S. The van der Waals surface area contributed by atoms with Gasteiger partial charge in [-0.15, -0.1) is 0 Å². The van der Waals surface area contributed by atoms with Crippen molar-refractivity contribution in [1.82, 2.24) is 9.47 Å². The highest BCUT2D eigenvalue weighted by Gasteiger charge is 2.25. The molecule has 0 radical (unpaired) electrons. The fraction of sp³-hybridized carbons (Fsp3) is 0.400. The Kier molecular flexibility index (Phi) is 6.64. The Labute approximate surface area is 190 Å². The monoisotopic (exact) mass is 439 g/mol. The number of halogens is 1. The zero-order chi connectivity index (χ0) is 21.1. The van der Waals surface area contributed by atoms with E-state index in [0.717, 1.165) is 29.5 Å². The van der Waals surface area contributed by atoms with E-state index in [-0.39, 0.29) is 0 Å². The molecule has 0 unspecified atom stereocenters. The van der Waals surface area contributed by atoms with Crippen LogP contribution in [0.2, 0.25) is 5.02 Å². The Bertz CT molecular complexity index is 1040. The summed E-state index contributed by atoms with van der Waals surface area (Å²) in [7, 11) is 0. The molecule has 1 heterocycles. The van der Waals surface area contributed by atoms with Crippen LogP contribution in [-0.4, -0.2) is 20.6 Å². The largest absolute Gasteiger partial charge is 0.347 e. The summed E-state index contributed by atoms with van der Waals surface area (Å²) in [6.45, 7) is 6.02. The van der Waals surface area contributed by atoms with E-state index in [4.69, 9.17) is 23.8 Å². The normalized spacial score (nSPS) is 14.8. The molecular weight excluding hydrogens is 410 g/mol. The average Bonchev–Trinajstić information content (AvgIpc) is 3.12. The molecule has 1 aliphatic carbocycles. The van der Waals surface area contributed by atoms with Crippen molar-refractivity contribution in [3.63, 3.8) is 0 Å². The van der Waals surface area contributed by atoms with Crippen LogP contribution < -0.4 is 5.32 Å². The van der Waals surface area contributed by atoms with Crippen molar-refractivity contribution in [2.24, 2.45) is 0 Å². The molecule has 0 saturated heterocycles. The van der Waals surface area contributed by atoms with Gasteiger partial charge in [0.2, 0.25) is 0 Å². The first-order chi connectivity index (χ1) is 14.6. The fourth-order valence-electron chi connectivity index (χ4n) is 4.56. The molecule has 1 fully saturated rings. The highest BCUT2D eigenvalue weighted by atomic mass is 35.5. The molecule has 1 N–H and O–H groups in total. The molecule has 1 saturated carbocycles. The lowest BCUT2D eigenvalue weighted by Gasteiger charge is -2.36. The summed E-state index contributed by atoms with van der Waals surface area (Å²) < 4.78 is 2.33. The molecule has 1 aliphatic rings. The predicted molar refractivity (Wildman–Crippen MR) is 132 cm³/mol. The van der Waals surface area contributed by atoms with E-state index in [1.54, 1.807) is 0 Å². The van der Waals surface area contributed by atoms with Crippen molar-refractivity contribution >= 4 is 45.5 Å². The minimum absolute atomic E-state index is 0.465. The number of para-hydroxylation sites is 1. The van der Waals surface area contributed by atoms with Crippen LogP contribution >= 0.6 is 23.8 Å². The smallest absolute Gasteiger partial charge is 0.174 e. The minimum Gasteiger partial charge on any atom is -0.347 e. The van der Waals surface area contributed by atoms with Crippen LogP contribution in [0.3, 0.4) is 0 Å². The number of anilines is 1. The Morgan fingerprint density at radius 3 is 2.67 bits per heavy atom. The number of hydrogen-bond acceptors (Lipinski definition) is 1. The van der Waals surface area contributed by atoms with Crippen molar-refractivity contribution in [3.05, 3.63) is 64.8 Å². The summed E-state index contributed by atoms with van der Waals surface area (Å²) in [6.07, 6.45) is 8.54. The van der Waals surface area contributed by atoms with Gasteiger partial charge in [-0.05, 0) is 68.2 Å². The predicted octanol–water partition coefficient (Wildman–Crippen LogP) is 7.15. The van der Waals surface area contributed by atoms with Crippen molar-refractivity contribution < 1.29 is 0 Å². The number of nitrogens with zero attached hydrogens (tertiary/aromatic N) is 2. The Morgan fingerprint density at radius 1 is 1.17 bits per heavy atom. The number of rotatable bonds is 5. The highest BCUT2D eigenvalue weighted by Crippen LogP contribution is 2.29. The zero-order valence-corrected chi connectivity index (χ0v) is 19.4. The molecule has 0 spiro atoms. The standard InChI is InChI=1S/C25H30ClN3S/c1-3-28-16-19(21-11-7-8-12-24(21)28)17-29(20-9-5-4-6-10-20)25(30)27-23-14-13-18(2)15-22(23)26/h7-8,11-16,20H,3-6,9-10,17H2,1-2H3,(H,27,30). The number of benzene rings is 2. The maximum Gasteiger partial charge on any atom is 0.174 e. The third kappa shape index (κ3) is 4.50. The maximum atomic E-state index is 6.48. The lowest BCUT2D eigenvalue weighted by molar-refractivity contribution is 0.241. The average molecular weight is 440 g/mol. The Morgan fingerprint density at radius 2 is 1.93 bits per heavy atom. The lowest BCUT2D eigenvalue weighted by atomic mass is 9.94. The molecule has 0 bridgehead atoms. The first-order valence-corrected chi connectivity index (χ1v) is 11.8. The first kappa shape index (κ1) is 21.2. The summed E-state index contributed by atoms with van der Waals surface area (Å²) in [5, 5.41) is 6.23. The summed E-state index contributed by atoms with van der Waals surface area (Å²) in [5.41, 5.74) is 4.65. The summed E-state index contributed by atoms with van der Waals surface area (Å²) in [5.74, 6) is 0. The number of aryl methyl sites for hydroxylation is 2. The van der Waals surface area contributed by atoms with Crippen LogP contribution in [0.15, 0.2) is 48.7 Å². The highest BCUT2D eigenvalue weighted by molar-refractivity contribution is 7.80. The Hall–Kier alpha value is -2.04. The second-order valence-corrected chi connectivity index (χ2v) is 9.08. The van der Waals surface area contributed by atoms with Crippen LogP contribution in [0.1, 0.15) is 50.2 Å². The van der Waals surface area contributed by atoms with Crippen molar-refractivity contribution in [1.29, 1.82) is 0 Å². The van der Waals surface area contributed by atoms with Crippen molar-refractivity contribution in [2.45, 2.75) is 65.1 Å². The molecule has 0 aliphatic heterocycles. The van der Waals surface area contributed by atoms with Crippen LogP contribution in [0.4, 0.5) is 5.69 Å². The number of nitrogens with one attached hydrogen (secondary N) is 1. The minimum atomic E-state index is 0.465. The summed E-state index contributed by atoms with van der Waals surface area (Å²) >= 11 is 12.4. The fourth-order valence-corrected chi connectivity index (χ4v) is 5.17. The van der Waals surface area contributed by atoms with E-state index < -0.39 is 0 Å². The molecule has 3 aromatic rings. The van der Waals surface area contributed by atoms with Crippen molar-refractivity contribution in [3.8, 4) is 0 Å². The molecule has 1 aromatic heterocycles. The maximum absolute atomic E-state index is 6.48. The summed E-state index contributed by atoms with van der Waals surface area (Å²) in [4.78, 5) is 2.40. The molecule has 0 amide bonds. The second-order valence-electron chi connectivity index (χ2n) is 8.29. The van der Waals surface area contributed by atoms with Crippen LogP contribution in [0, 0.1) is 6.92 Å². The summed E-state index contributed by atoms with van der Waals surface area (Å²) in [6, 6.07) is 15.2. The zero-order valence-electron chi connectivity index (χ0n) is 17.8. The third-order valence-electron chi connectivity index (χ3n) is 6.20. The molecule has 2 aromatic carbocycles. The molecule has 158 valence electrons. The van der Waals surface area contributed by atoms with E-state index in [1.807, 2.05) is 19.1 Å². The van der Waals surface area contributed by atoms with Gasteiger partial charge in [-0.3, -0.25) is 0 Å². The van der Waals surface area contributed by atoms with Gasteiger partial charge in [-0.25, -0.2) is 0 Å². The number of aromatic nitrogens is 1. The van der Waals surface area contributed by atoms with Crippen LogP contribution in [-0.2, 0) is 13.1 Å². The van der Waals surface area contributed by atoms with Gasteiger partial charge in [0, 0.05) is 36.2 Å². The first-order valence-electron chi connectivity index (χ1n) is 11.0. The number of fused-ring (bicyclic) bond motifs is 1. The van der Waals surface area contributed by atoms with Gasteiger partial charge < -0.3 is 14.8 Å². The van der Waals surface area contributed by atoms with E-state index in [0.29, 0.717) is 11.1 Å². The van der Waals surface area contributed by atoms with Crippen LogP contribution in [0.5, 0.6) is 0 Å². The van der Waals surface area contributed by atoms with Gasteiger partial charge in [-0.2, -0.15) is 0 Å². The van der Waals surface area contributed by atoms with E-state index in [2.05, 4.69) is 58.2 Å². The Balaban J connectivity index is 1.64. The third-order valence-corrected chi connectivity index (χ3v) is 6.84. The van der Waals surface area contributed by atoms with E-state index >= 15 is 0 Å². The molecule has 30 heavy (non-hydrogen) atoms. The van der Waals surface area contributed by atoms with E-state index in [9.17, 15) is 0 Å². The lowest BCUT2D eigenvalue weighted by Crippen LogP contribution is -2.43. The van der Waals surface area contributed by atoms with Gasteiger partial charge in [0.25, 0.3) is 0 Å². The van der Waals surface area contributed by atoms with Gasteiger partial charge in [0.05, 0.1) is 10.7 Å². The second kappa shape index (κ2) is 9.40. The molecule has 5 heteroatoms. The van der Waals surface area contributed by atoms with Crippen molar-refractivity contribution in [2.75, 3.05) is 5.32 Å². The molecule has 4 rings (SSSR count). The number of hydrogen-bond donors (Lipinski definition) is 1. The SMILES string of the molecule is CCn1cc(CN(C(=S)Nc2ccc(C)cc2Cl)C2CCCCC2)c2ccccc21. The van der Waals surface area contributed by atoms with Gasteiger partial charge in [0.15, 0.2) is 5.11 Å². The van der Waals surface area contributed by atoms with Gasteiger partial charge >= 0.3 is 0 Å². The topological polar surface area (TPSA) is 20.2 Å². The quantitative estimate of drug-likeness (QED) is 0.426. The van der Waals surface area contributed by atoms with Gasteiger partial charge in [0.1, 0.15) is 0 Å². The van der Waals surface area contributed by atoms with Gasteiger partial charge in [-0.1, -0.05) is 55.1 Å². The number of thiocarbonyl (C=S) groups is 1. The molecule has 0 atom stereocenters. The molecule has 3 nitrogen and oxygen atoms in total. The van der Waals surface area contributed by atoms with Crippen LogP contribution in [0.25, 0.3) is 10.9 Å².